The summed E-state index contributed by atoms with van der Waals surface area (Å²) in [6, 6.07) is 6.81. The van der Waals surface area contributed by atoms with Gasteiger partial charge in [-0.25, -0.2) is 4.39 Å². The van der Waals surface area contributed by atoms with E-state index in [2.05, 4.69) is 5.32 Å². The van der Waals surface area contributed by atoms with Crippen LogP contribution in [0, 0.1) is 17.1 Å². The van der Waals surface area contributed by atoms with E-state index < -0.39 is 5.82 Å². The van der Waals surface area contributed by atoms with E-state index in [1.54, 1.807) is 12.1 Å². The van der Waals surface area contributed by atoms with Crippen LogP contribution in [0.2, 0.25) is 0 Å². The first-order valence-corrected chi connectivity index (χ1v) is 6.72. The highest BCUT2D eigenvalue weighted by Crippen LogP contribution is 2.22. The maximum atomic E-state index is 13.2. The largest absolute Gasteiger partial charge is 0.372 e. The molecule has 2 rings (SSSR count). The first-order valence-electron chi connectivity index (χ1n) is 6.72. The summed E-state index contributed by atoms with van der Waals surface area (Å²) >= 11 is 0. The molecule has 1 fully saturated rings. The molecule has 0 heterocycles. The third-order valence-corrected chi connectivity index (χ3v) is 3.69. The molecule has 1 aliphatic rings. The van der Waals surface area contributed by atoms with Crippen molar-refractivity contribution >= 4 is 0 Å². The third kappa shape index (κ3) is 3.52. The Morgan fingerprint density at radius 2 is 2.21 bits per heavy atom. The molecule has 2 atom stereocenters. The standard InChI is InChI=1S/C15H19FN2O/c1-18-14-4-2-3-5-15(14)19-10-11-6-7-13(16)12(8-11)9-17/h6-8,14-15,18H,2-5,10H2,1H3. The van der Waals surface area contributed by atoms with E-state index in [4.69, 9.17) is 10.00 Å². The fraction of sp³-hybridized carbons (Fsp3) is 0.533. The summed E-state index contributed by atoms with van der Waals surface area (Å²) in [5, 5.41) is 12.1. The molecule has 0 radical (unpaired) electrons. The van der Waals surface area contributed by atoms with Crippen molar-refractivity contribution in [2.75, 3.05) is 7.05 Å². The zero-order chi connectivity index (χ0) is 13.7. The summed E-state index contributed by atoms with van der Waals surface area (Å²) in [5.74, 6) is -0.475. The van der Waals surface area contributed by atoms with Crippen LogP contribution in [0.3, 0.4) is 0 Å². The average molecular weight is 262 g/mol. The van der Waals surface area contributed by atoms with Crippen molar-refractivity contribution in [3.05, 3.63) is 35.1 Å². The number of nitriles is 1. The molecule has 1 aliphatic carbocycles. The van der Waals surface area contributed by atoms with Crippen molar-refractivity contribution in [2.24, 2.45) is 0 Å². The van der Waals surface area contributed by atoms with E-state index in [9.17, 15) is 4.39 Å². The van der Waals surface area contributed by atoms with Crippen molar-refractivity contribution in [1.82, 2.24) is 5.32 Å². The molecule has 0 aromatic heterocycles. The Labute approximate surface area is 113 Å². The van der Waals surface area contributed by atoms with Crippen molar-refractivity contribution in [2.45, 2.75) is 44.4 Å². The highest BCUT2D eigenvalue weighted by Gasteiger charge is 2.24. The number of likely N-dealkylation sites (N-methyl/N-ethyl adjacent to an activating group) is 1. The van der Waals surface area contributed by atoms with Gasteiger partial charge in [-0.15, -0.1) is 0 Å². The van der Waals surface area contributed by atoms with E-state index in [1.165, 1.54) is 18.9 Å². The minimum atomic E-state index is -0.475. The van der Waals surface area contributed by atoms with Gasteiger partial charge < -0.3 is 10.1 Å². The molecule has 1 aromatic carbocycles. The summed E-state index contributed by atoms with van der Waals surface area (Å²) in [6.45, 7) is 0.428. The fourth-order valence-electron chi connectivity index (χ4n) is 2.58. The van der Waals surface area contributed by atoms with Crippen LogP contribution in [0.1, 0.15) is 36.8 Å². The molecule has 3 nitrogen and oxygen atoms in total. The van der Waals surface area contributed by atoms with Crippen molar-refractivity contribution in [1.29, 1.82) is 5.26 Å². The summed E-state index contributed by atoms with van der Waals surface area (Å²) in [6.07, 6.45) is 4.82. The lowest BCUT2D eigenvalue weighted by Crippen LogP contribution is -2.41. The van der Waals surface area contributed by atoms with Gasteiger partial charge in [-0.05, 0) is 37.6 Å². The van der Waals surface area contributed by atoms with E-state index in [1.807, 2.05) is 13.1 Å². The van der Waals surface area contributed by atoms with Crippen LogP contribution >= 0.6 is 0 Å². The van der Waals surface area contributed by atoms with Gasteiger partial charge in [-0.1, -0.05) is 18.9 Å². The Morgan fingerprint density at radius 1 is 1.42 bits per heavy atom. The fourth-order valence-corrected chi connectivity index (χ4v) is 2.58. The van der Waals surface area contributed by atoms with Crippen LogP contribution in [-0.2, 0) is 11.3 Å². The van der Waals surface area contributed by atoms with Crippen molar-refractivity contribution in [3.8, 4) is 6.07 Å². The highest BCUT2D eigenvalue weighted by molar-refractivity contribution is 5.34. The number of halogens is 1. The van der Waals surface area contributed by atoms with Crippen molar-refractivity contribution < 1.29 is 9.13 Å². The number of hydrogen-bond donors (Lipinski definition) is 1. The Bertz CT molecular complexity index is 470. The monoisotopic (exact) mass is 262 g/mol. The van der Waals surface area contributed by atoms with Crippen LogP contribution in [0.5, 0.6) is 0 Å². The second kappa shape index (κ2) is 6.65. The Hall–Kier alpha value is -1.44. The van der Waals surface area contributed by atoms with E-state index in [0.29, 0.717) is 12.6 Å². The van der Waals surface area contributed by atoms with Gasteiger partial charge in [0.15, 0.2) is 0 Å². The smallest absolute Gasteiger partial charge is 0.140 e. The Kier molecular flexibility index (Phi) is 4.89. The molecule has 1 saturated carbocycles. The summed E-state index contributed by atoms with van der Waals surface area (Å²) < 4.78 is 19.1. The molecule has 4 heteroatoms. The highest BCUT2D eigenvalue weighted by atomic mass is 19.1. The summed E-state index contributed by atoms with van der Waals surface area (Å²) in [5.41, 5.74) is 0.924. The predicted molar refractivity (Wildman–Crippen MR) is 71.0 cm³/mol. The third-order valence-electron chi connectivity index (χ3n) is 3.69. The van der Waals surface area contributed by atoms with Crippen LogP contribution in [0.25, 0.3) is 0 Å². The molecule has 102 valence electrons. The predicted octanol–water partition coefficient (Wildman–Crippen LogP) is 2.74. The molecule has 0 bridgehead atoms. The second-order valence-corrected chi connectivity index (χ2v) is 4.96. The van der Waals surface area contributed by atoms with Crippen LogP contribution in [0.4, 0.5) is 4.39 Å². The van der Waals surface area contributed by atoms with Gasteiger partial charge in [0, 0.05) is 6.04 Å². The van der Waals surface area contributed by atoms with E-state index in [-0.39, 0.29) is 11.7 Å². The molecule has 2 unspecified atom stereocenters. The lowest BCUT2D eigenvalue weighted by Gasteiger charge is -2.31. The summed E-state index contributed by atoms with van der Waals surface area (Å²) in [7, 11) is 1.96. The van der Waals surface area contributed by atoms with Gasteiger partial charge in [-0.2, -0.15) is 5.26 Å². The number of ether oxygens (including phenoxy) is 1. The second-order valence-electron chi connectivity index (χ2n) is 4.96. The molecular formula is C15H19FN2O. The minimum Gasteiger partial charge on any atom is -0.372 e. The molecule has 0 saturated heterocycles. The number of hydrogen-bond acceptors (Lipinski definition) is 3. The van der Waals surface area contributed by atoms with Gasteiger partial charge in [0.1, 0.15) is 11.9 Å². The quantitative estimate of drug-likeness (QED) is 0.907. The SMILES string of the molecule is CNC1CCCCC1OCc1ccc(F)c(C#N)c1. The van der Waals surface area contributed by atoms with E-state index in [0.717, 1.165) is 18.4 Å². The maximum Gasteiger partial charge on any atom is 0.140 e. The molecule has 19 heavy (non-hydrogen) atoms. The van der Waals surface area contributed by atoms with Crippen molar-refractivity contribution in [3.63, 3.8) is 0 Å². The molecule has 0 amide bonds. The van der Waals surface area contributed by atoms with E-state index >= 15 is 0 Å². The summed E-state index contributed by atoms with van der Waals surface area (Å²) in [4.78, 5) is 0. The number of nitrogens with zero attached hydrogens (tertiary/aromatic N) is 1. The van der Waals surface area contributed by atoms with Crippen LogP contribution in [0.15, 0.2) is 18.2 Å². The molecule has 1 N–H and O–H groups in total. The Balaban J connectivity index is 1.96. The van der Waals surface area contributed by atoms with Gasteiger partial charge in [-0.3, -0.25) is 0 Å². The minimum absolute atomic E-state index is 0.0786. The number of nitrogens with one attached hydrogen (secondary N) is 1. The first-order chi connectivity index (χ1) is 9.24. The average Bonchev–Trinajstić information content (AvgIpc) is 2.46. The first kappa shape index (κ1) is 14.0. The number of rotatable bonds is 4. The molecule has 0 spiro atoms. The van der Waals surface area contributed by atoms with Gasteiger partial charge in [0.25, 0.3) is 0 Å². The van der Waals surface area contributed by atoms with Gasteiger partial charge in [0.05, 0.1) is 18.3 Å². The zero-order valence-electron chi connectivity index (χ0n) is 11.2. The topological polar surface area (TPSA) is 45.0 Å². The zero-order valence-corrected chi connectivity index (χ0v) is 11.2. The number of benzene rings is 1. The maximum absolute atomic E-state index is 13.2. The molecular weight excluding hydrogens is 243 g/mol. The molecule has 1 aromatic rings. The van der Waals surface area contributed by atoms with Crippen LogP contribution < -0.4 is 5.32 Å². The lowest BCUT2D eigenvalue weighted by molar-refractivity contribution is -0.00363. The lowest BCUT2D eigenvalue weighted by atomic mass is 9.92. The Morgan fingerprint density at radius 3 is 2.95 bits per heavy atom. The molecule has 0 aliphatic heterocycles. The van der Waals surface area contributed by atoms with Gasteiger partial charge >= 0.3 is 0 Å². The van der Waals surface area contributed by atoms with Gasteiger partial charge in [0.2, 0.25) is 0 Å². The van der Waals surface area contributed by atoms with Crippen LogP contribution in [-0.4, -0.2) is 19.2 Å². The normalized spacial score (nSPS) is 23.0.